The smallest absolute Gasteiger partial charge is 0.407 e. The summed E-state index contributed by atoms with van der Waals surface area (Å²) in [5, 5.41) is 14.0. The largest absolute Gasteiger partial charge is 0.497 e. The third kappa shape index (κ3) is 7.64. The van der Waals surface area contributed by atoms with Crippen molar-refractivity contribution in [2.24, 2.45) is 34.5 Å². The highest BCUT2D eigenvalue weighted by Crippen LogP contribution is 2.66. The number of carbonyl (C=O) groups is 2. The van der Waals surface area contributed by atoms with Crippen molar-refractivity contribution in [3.05, 3.63) is 107 Å². The standard InChI is InChI=1S/C48H61NO7/c1-32(50)42-21-22-43-41-20-15-36-31-40(23-27-46(36,2)44(41)24-28-47(42,43)3)56-45(52)49-29-25-37(51)26-30-55-48(33-9-7-6-8-10-33,34-11-16-38(53-4)17-12-34)35-13-18-39(54-5)19-14-35/h6-19,37,40-44,51H,20-31H2,1-5H3,(H,49,52)/t37?,40-,41?,42+,43?,44?,46-,47+/m1/s1. The number of ether oxygens (including phenoxy) is 4. The van der Waals surface area contributed by atoms with E-state index in [1.807, 2.05) is 66.7 Å². The quantitative estimate of drug-likeness (QED) is 0.125. The van der Waals surface area contributed by atoms with Crippen molar-refractivity contribution < 1.29 is 33.6 Å². The summed E-state index contributed by atoms with van der Waals surface area (Å²) in [5.41, 5.74) is 3.60. The zero-order chi connectivity index (χ0) is 39.5. The lowest BCUT2D eigenvalue weighted by molar-refractivity contribution is -0.127. The fourth-order valence-electron chi connectivity index (χ4n) is 11.5. The first-order valence-corrected chi connectivity index (χ1v) is 20.8. The average Bonchev–Trinajstić information content (AvgIpc) is 3.58. The van der Waals surface area contributed by atoms with Gasteiger partial charge >= 0.3 is 6.09 Å². The van der Waals surface area contributed by atoms with Crippen LogP contribution in [-0.4, -0.2) is 56.6 Å². The molecule has 4 aliphatic rings. The highest BCUT2D eigenvalue weighted by Gasteiger charge is 2.59. The molecular formula is C48H61NO7. The van der Waals surface area contributed by atoms with E-state index in [0.717, 1.165) is 66.7 Å². The molecule has 0 aromatic heterocycles. The maximum atomic E-state index is 13.0. The SMILES string of the molecule is COc1ccc(C(OCCC(O)CCNC(=O)O[C@@H]2CC[C@]3(C)C(=CCC4C3CC[C@]3(C)C4CC[C@H]3C(C)=O)C2)(c2ccccc2)c2ccc(OC)cc2)cc1. The summed E-state index contributed by atoms with van der Waals surface area (Å²) >= 11 is 0. The van der Waals surface area contributed by atoms with Crippen LogP contribution in [0.25, 0.3) is 0 Å². The molecule has 3 saturated carbocycles. The van der Waals surface area contributed by atoms with Gasteiger partial charge in [-0.05, 0) is 134 Å². The van der Waals surface area contributed by atoms with Crippen LogP contribution < -0.4 is 14.8 Å². The number of nitrogens with one attached hydrogen (secondary N) is 1. The van der Waals surface area contributed by atoms with Crippen LogP contribution in [0.1, 0.15) is 102 Å². The molecule has 4 aliphatic carbocycles. The molecule has 300 valence electrons. The predicted molar refractivity (Wildman–Crippen MR) is 218 cm³/mol. The maximum absolute atomic E-state index is 13.0. The van der Waals surface area contributed by atoms with Crippen molar-refractivity contribution in [2.75, 3.05) is 27.4 Å². The van der Waals surface area contributed by atoms with Crippen molar-refractivity contribution in [2.45, 2.75) is 103 Å². The molecule has 4 unspecified atom stereocenters. The molecule has 3 aromatic carbocycles. The Morgan fingerprint density at radius 1 is 0.821 bits per heavy atom. The van der Waals surface area contributed by atoms with E-state index in [9.17, 15) is 14.7 Å². The van der Waals surface area contributed by atoms with E-state index in [0.29, 0.717) is 42.9 Å². The molecule has 8 atom stereocenters. The number of amides is 1. The average molecular weight is 764 g/mol. The fourth-order valence-corrected chi connectivity index (χ4v) is 11.5. The van der Waals surface area contributed by atoms with Crippen molar-refractivity contribution >= 4 is 11.9 Å². The minimum absolute atomic E-state index is 0.139. The first-order chi connectivity index (χ1) is 27.0. The van der Waals surface area contributed by atoms with Crippen LogP contribution >= 0.6 is 0 Å². The fraction of sp³-hybridized carbons (Fsp3) is 0.542. The Kier molecular flexibility index (Phi) is 12.0. The number of rotatable bonds is 14. The van der Waals surface area contributed by atoms with Crippen molar-refractivity contribution in [3.63, 3.8) is 0 Å². The molecule has 0 spiro atoms. The summed E-state index contributed by atoms with van der Waals surface area (Å²) in [5.74, 6) is 4.00. The van der Waals surface area contributed by atoms with Crippen molar-refractivity contribution in [1.29, 1.82) is 0 Å². The van der Waals surface area contributed by atoms with Crippen LogP contribution in [-0.2, 0) is 19.9 Å². The summed E-state index contributed by atoms with van der Waals surface area (Å²) in [6.45, 7) is 7.23. The number of hydrogen-bond acceptors (Lipinski definition) is 7. The number of benzene rings is 3. The van der Waals surface area contributed by atoms with Gasteiger partial charge in [-0.2, -0.15) is 0 Å². The Morgan fingerprint density at radius 2 is 1.46 bits per heavy atom. The first kappa shape index (κ1) is 40.1. The van der Waals surface area contributed by atoms with E-state index < -0.39 is 17.8 Å². The molecule has 8 heteroatoms. The number of hydrogen-bond donors (Lipinski definition) is 2. The number of ketones is 1. The molecule has 3 aromatic rings. The monoisotopic (exact) mass is 763 g/mol. The molecule has 0 heterocycles. The topological polar surface area (TPSA) is 103 Å². The molecular weight excluding hydrogens is 703 g/mol. The van der Waals surface area contributed by atoms with Crippen molar-refractivity contribution in [1.82, 2.24) is 5.32 Å². The van der Waals surface area contributed by atoms with Gasteiger partial charge in [-0.1, -0.05) is 80.1 Å². The second-order valence-electron chi connectivity index (χ2n) is 17.3. The number of fused-ring (bicyclic) bond motifs is 5. The molecule has 2 N–H and O–H groups in total. The van der Waals surface area contributed by atoms with Gasteiger partial charge in [0.15, 0.2) is 0 Å². The number of aliphatic hydroxyl groups is 1. The third-order valence-electron chi connectivity index (χ3n) is 14.5. The molecule has 8 nitrogen and oxygen atoms in total. The Bertz CT molecular complexity index is 1790. The zero-order valence-corrected chi connectivity index (χ0v) is 33.9. The molecule has 0 aliphatic heterocycles. The molecule has 0 bridgehead atoms. The van der Waals surface area contributed by atoms with Gasteiger partial charge in [-0.25, -0.2) is 4.79 Å². The van der Waals surface area contributed by atoms with E-state index in [2.05, 4.69) is 37.4 Å². The van der Waals surface area contributed by atoms with Gasteiger partial charge in [-0.3, -0.25) is 4.79 Å². The molecule has 0 radical (unpaired) electrons. The predicted octanol–water partition coefficient (Wildman–Crippen LogP) is 9.42. The summed E-state index contributed by atoms with van der Waals surface area (Å²) in [6, 6.07) is 25.9. The minimum Gasteiger partial charge on any atom is -0.497 e. The molecule has 3 fully saturated rings. The highest BCUT2D eigenvalue weighted by molar-refractivity contribution is 5.79. The van der Waals surface area contributed by atoms with Crippen LogP contribution in [0.5, 0.6) is 11.5 Å². The maximum Gasteiger partial charge on any atom is 0.407 e. The lowest BCUT2D eigenvalue weighted by atomic mass is 9.47. The van der Waals surface area contributed by atoms with Gasteiger partial charge in [-0.15, -0.1) is 0 Å². The van der Waals surface area contributed by atoms with Gasteiger partial charge in [0.25, 0.3) is 0 Å². The number of methoxy groups -OCH3 is 2. The number of allylic oxidation sites excluding steroid dienone is 1. The van der Waals surface area contributed by atoms with Crippen LogP contribution in [0, 0.1) is 34.5 Å². The van der Waals surface area contributed by atoms with Gasteiger partial charge in [0.1, 0.15) is 29.0 Å². The molecule has 56 heavy (non-hydrogen) atoms. The van der Waals surface area contributed by atoms with Crippen LogP contribution in [0.2, 0.25) is 0 Å². The Hall–Kier alpha value is -4.14. The highest BCUT2D eigenvalue weighted by atomic mass is 16.6. The van der Waals surface area contributed by atoms with Crippen LogP contribution in [0.15, 0.2) is 90.5 Å². The number of alkyl carbamates (subject to hydrolysis) is 1. The number of Topliss-reactive ketones (excluding diaryl/α,β-unsaturated/α-hetero) is 1. The lowest BCUT2D eigenvalue weighted by Gasteiger charge is -2.58. The van der Waals surface area contributed by atoms with E-state index in [-0.39, 0.29) is 29.5 Å². The second-order valence-corrected chi connectivity index (χ2v) is 17.3. The summed E-state index contributed by atoms with van der Waals surface area (Å²) in [6.07, 6.45) is 10.3. The molecule has 1 amide bonds. The number of aliphatic hydroxyl groups excluding tert-OH is 1. The first-order valence-electron chi connectivity index (χ1n) is 20.8. The van der Waals surface area contributed by atoms with Gasteiger partial charge in [0.2, 0.25) is 0 Å². The van der Waals surface area contributed by atoms with E-state index in [4.69, 9.17) is 18.9 Å². The van der Waals surface area contributed by atoms with Gasteiger partial charge in [0.05, 0.1) is 26.9 Å². The van der Waals surface area contributed by atoms with Crippen molar-refractivity contribution in [3.8, 4) is 11.5 Å². The normalized spacial score (nSPS) is 28.8. The van der Waals surface area contributed by atoms with Gasteiger partial charge < -0.3 is 29.4 Å². The zero-order valence-electron chi connectivity index (χ0n) is 33.9. The van der Waals surface area contributed by atoms with E-state index in [1.54, 1.807) is 21.1 Å². The van der Waals surface area contributed by atoms with Crippen LogP contribution in [0.4, 0.5) is 4.79 Å². The van der Waals surface area contributed by atoms with E-state index >= 15 is 0 Å². The van der Waals surface area contributed by atoms with Crippen LogP contribution in [0.3, 0.4) is 0 Å². The second kappa shape index (κ2) is 16.8. The Balaban J connectivity index is 0.930. The Morgan fingerprint density at radius 3 is 2.09 bits per heavy atom. The van der Waals surface area contributed by atoms with E-state index in [1.165, 1.54) is 18.4 Å². The summed E-state index contributed by atoms with van der Waals surface area (Å²) in [4.78, 5) is 25.5. The lowest BCUT2D eigenvalue weighted by Crippen LogP contribution is -2.51. The molecule has 0 saturated heterocycles. The molecule has 7 rings (SSSR count). The van der Waals surface area contributed by atoms with Gasteiger partial charge in [0, 0.05) is 18.9 Å². The third-order valence-corrected chi connectivity index (χ3v) is 14.5. The minimum atomic E-state index is -0.959. The Labute approximate surface area is 333 Å². The summed E-state index contributed by atoms with van der Waals surface area (Å²) < 4.78 is 23.8. The summed E-state index contributed by atoms with van der Waals surface area (Å²) in [7, 11) is 3.30. The number of carbonyl (C=O) groups excluding carboxylic acids is 2.